The molecule has 1 N–H and O–H groups in total. The molecule has 0 radical (unpaired) electrons. The molecule has 4 aromatic carbocycles. The number of anilines is 1. The number of sulfonamides is 1. The van der Waals surface area contributed by atoms with Gasteiger partial charge in [0.15, 0.2) is 0 Å². The Morgan fingerprint density at radius 3 is 2.09 bits per heavy atom. The maximum Gasteiger partial charge on any atom is 0.264 e. The van der Waals surface area contributed by atoms with Crippen molar-refractivity contribution in [2.45, 2.75) is 62.0 Å². The highest BCUT2D eigenvalue weighted by Crippen LogP contribution is 2.33. The van der Waals surface area contributed by atoms with Crippen LogP contribution in [0.5, 0.6) is 0 Å². The van der Waals surface area contributed by atoms with Gasteiger partial charge in [0.25, 0.3) is 10.0 Å². The summed E-state index contributed by atoms with van der Waals surface area (Å²) in [5.74, 6) is -0.904. The summed E-state index contributed by atoms with van der Waals surface area (Å²) in [6, 6.07) is 27.8. The lowest BCUT2D eigenvalue weighted by molar-refractivity contribution is -0.140. The molecule has 0 saturated heterocycles. The molecule has 1 aliphatic rings. The maximum absolute atomic E-state index is 14.7. The fourth-order valence-corrected chi connectivity index (χ4v) is 8.04. The van der Waals surface area contributed by atoms with Crippen molar-refractivity contribution in [3.05, 3.63) is 129 Å². The molecular weight excluding hydrogens is 677 g/mol. The van der Waals surface area contributed by atoms with Gasteiger partial charge in [0.1, 0.15) is 12.6 Å². The van der Waals surface area contributed by atoms with E-state index in [-0.39, 0.29) is 40.5 Å². The van der Waals surface area contributed by atoms with E-state index in [4.69, 9.17) is 34.8 Å². The first-order valence-electron chi connectivity index (χ1n) is 15.5. The fraction of sp³-hybridized carbons (Fsp3) is 0.278. The molecule has 4 aromatic rings. The normalized spacial score (nSPS) is 14.3. The molecule has 246 valence electrons. The van der Waals surface area contributed by atoms with Gasteiger partial charge in [-0.3, -0.25) is 13.9 Å². The van der Waals surface area contributed by atoms with E-state index in [1.165, 1.54) is 35.2 Å². The number of hydrogen-bond acceptors (Lipinski definition) is 4. The van der Waals surface area contributed by atoms with E-state index in [2.05, 4.69) is 5.32 Å². The van der Waals surface area contributed by atoms with E-state index >= 15 is 0 Å². The van der Waals surface area contributed by atoms with Crippen molar-refractivity contribution in [3.63, 3.8) is 0 Å². The first-order chi connectivity index (χ1) is 22.6. The first kappa shape index (κ1) is 34.8. The van der Waals surface area contributed by atoms with Gasteiger partial charge in [-0.05, 0) is 60.4 Å². The van der Waals surface area contributed by atoms with Gasteiger partial charge < -0.3 is 10.2 Å². The van der Waals surface area contributed by atoms with Gasteiger partial charge in [0.2, 0.25) is 11.8 Å². The van der Waals surface area contributed by atoms with Crippen molar-refractivity contribution in [1.82, 2.24) is 10.2 Å². The molecule has 1 fully saturated rings. The van der Waals surface area contributed by atoms with Crippen LogP contribution in [0.3, 0.4) is 0 Å². The molecule has 0 aromatic heterocycles. The summed E-state index contributed by atoms with van der Waals surface area (Å²) in [5.41, 5.74) is 1.55. The lowest BCUT2D eigenvalue weighted by Gasteiger charge is -2.35. The van der Waals surface area contributed by atoms with Gasteiger partial charge in [0.05, 0.1) is 15.6 Å². The summed E-state index contributed by atoms with van der Waals surface area (Å²) in [4.78, 5) is 30.3. The Bertz CT molecular complexity index is 1790. The third-order valence-electron chi connectivity index (χ3n) is 8.31. The molecule has 1 atom stereocenters. The molecule has 2 amide bonds. The summed E-state index contributed by atoms with van der Waals surface area (Å²) >= 11 is 19.3. The molecule has 1 saturated carbocycles. The van der Waals surface area contributed by atoms with E-state index in [1.54, 1.807) is 42.5 Å². The number of nitrogens with one attached hydrogen (secondary N) is 1. The molecule has 0 spiro atoms. The van der Waals surface area contributed by atoms with Gasteiger partial charge in [-0.1, -0.05) is 121 Å². The van der Waals surface area contributed by atoms with E-state index in [0.717, 1.165) is 42.0 Å². The second-order valence-corrected chi connectivity index (χ2v) is 14.7. The fourth-order valence-electron chi connectivity index (χ4n) is 5.82. The predicted molar refractivity (Wildman–Crippen MR) is 188 cm³/mol. The number of amides is 2. The quantitative estimate of drug-likeness (QED) is 0.162. The average molecular weight is 713 g/mol. The highest BCUT2D eigenvalue weighted by molar-refractivity contribution is 7.92. The summed E-state index contributed by atoms with van der Waals surface area (Å²) in [6.07, 6.45) is 5.09. The maximum atomic E-state index is 14.7. The number of halogens is 3. The second-order valence-electron chi connectivity index (χ2n) is 11.6. The van der Waals surface area contributed by atoms with Crippen molar-refractivity contribution in [1.29, 1.82) is 0 Å². The zero-order valence-electron chi connectivity index (χ0n) is 25.7. The summed E-state index contributed by atoms with van der Waals surface area (Å²) in [5, 5.41) is 3.98. The van der Waals surface area contributed by atoms with Crippen molar-refractivity contribution in [3.8, 4) is 0 Å². The predicted octanol–water partition coefficient (Wildman–Crippen LogP) is 7.93. The molecule has 0 aliphatic heterocycles. The molecule has 1 aliphatic carbocycles. The van der Waals surface area contributed by atoms with E-state index < -0.39 is 28.5 Å². The minimum Gasteiger partial charge on any atom is -0.352 e. The van der Waals surface area contributed by atoms with Crippen LogP contribution in [-0.2, 0) is 32.6 Å². The van der Waals surface area contributed by atoms with Gasteiger partial charge >= 0.3 is 0 Å². The zero-order chi connectivity index (χ0) is 33.4. The van der Waals surface area contributed by atoms with E-state index in [0.29, 0.717) is 15.6 Å². The Labute approximate surface area is 291 Å². The Morgan fingerprint density at radius 2 is 1.43 bits per heavy atom. The Balaban J connectivity index is 1.58. The molecule has 47 heavy (non-hydrogen) atoms. The van der Waals surface area contributed by atoms with Crippen LogP contribution in [0.25, 0.3) is 0 Å². The van der Waals surface area contributed by atoms with Crippen LogP contribution in [-0.4, -0.2) is 43.8 Å². The lowest BCUT2D eigenvalue weighted by Crippen LogP contribution is -2.55. The number of hydrogen-bond donors (Lipinski definition) is 1. The molecule has 7 nitrogen and oxygen atoms in total. The van der Waals surface area contributed by atoms with Crippen LogP contribution < -0.4 is 9.62 Å². The zero-order valence-corrected chi connectivity index (χ0v) is 28.8. The molecule has 0 unspecified atom stereocenters. The van der Waals surface area contributed by atoms with E-state index in [9.17, 15) is 18.0 Å². The minimum atomic E-state index is -4.29. The Kier molecular flexibility index (Phi) is 11.9. The summed E-state index contributed by atoms with van der Waals surface area (Å²) in [7, 11) is -4.29. The number of carbonyl (C=O) groups is 2. The van der Waals surface area contributed by atoms with Crippen LogP contribution in [0.2, 0.25) is 15.1 Å². The number of benzene rings is 4. The SMILES string of the molecule is O=C(NC1CCCCC1)[C@H](Cc1ccccc1)N(Cc1ccccc1Cl)C(=O)CN(c1ccc(Cl)cc1Cl)S(=O)(=O)c1ccccc1. The number of nitrogens with zero attached hydrogens (tertiary/aromatic N) is 2. The molecule has 5 rings (SSSR count). The van der Waals surface area contributed by atoms with Gasteiger partial charge in [-0.25, -0.2) is 8.42 Å². The minimum absolute atomic E-state index is 0.00498. The van der Waals surface area contributed by atoms with Crippen molar-refractivity contribution in [2.75, 3.05) is 10.8 Å². The van der Waals surface area contributed by atoms with Crippen LogP contribution in [0.1, 0.15) is 43.2 Å². The van der Waals surface area contributed by atoms with Crippen molar-refractivity contribution in [2.24, 2.45) is 0 Å². The molecule has 0 bridgehead atoms. The number of rotatable bonds is 12. The topological polar surface area (TPSA) is 86.8 Å². The lowest BCUT2D eigenvalue weighted by atomic mass is 9.94. The van der Waals surface area contributed by atoms with Crippen LogP contribution in [0.4, 0.5) is 5.69 Å². The number of carbonyl (C=O) groups excluding carboxylic acids is 2. The highest BCUT2D eigenvalue weighted by atomic mass is 35.5. The first-order valence-corrected chi connectivity index (χ1v) is 18.1. The Morgan fingerprint density at radius 1 is 0.787 bits per heavy atom. The van der Waals surface area contributed by atoms with Crippen LogP contribution in [0, 0.1) is 0 Å². The van der Waals surface area contributed by atoms with Crippen molar-refractivity contribution < 1.29 is 18.0 Å². The molecular formula is C36H36Cl3N3O4S. The summed E-state index contributed by atoms with van der Waals surface area (Å²) < 4.78 is 29.3. The smallest absolute Gasteiger partial charge is 0.264 e. The van der Waals surface area contributed by atoms with Crippen LogP contribution in [0.15, 0.2) is 108 Å². The van der Waals surface area contributed by atoms with Gasteiger partial charge in [-0.15, -0.1) is 0 Å². The second kappa shape index (κ2) is 16.0. The van der Waals surface area contributed by atoms with Gasteiger partial charge in [0, 0.05) is 29.1 Å². The largest absolute Gasteiger partial charge is 0.352 e. The standard InChI is InChI=1S/C36H36Cl3N3O4S/c37-28-20-21-33(32(39)23-28)42(47(45,46)30-17-8-3-9-18-30)25-35(43)41(24-27-14-10-11-19-31(27)38)34(22-26-12-4-1-5-13-26)36(44)40-29-15-6-2-7-16-29/h1,3-5,8-14,17-21,23,29,34H,2,6-7,15-16,22,24-25H2,(H,40,44)/t34-/m0/s1. The molecule has 0 heterocycles. The third-order valence-corrected chi connectivity index (χ3v) is 11.0. The monoisotopic (exact) mass is 711 g/mol. The Hall–Kier alpha value is -3.56. The van der Waals surface area contributed by atoms with E-state index in [1.807, 2.05) is 30.3 Å². The molecule has 11 heteroatoms. The van der Waals surface area contributed by atoms with Gasteiger partial charge in [-0.2, -0.15) is 0 Å². The highest BCUT2D eigenvalue weighted by Gasteiger charge is 2.36. The third kappa shape index (κ3) is 8.87. The summed E-state index contributed by atoms with van der Waals surface area (Å²) in [6.45, 7) is -0.660. The van der Waals surface area contributed by atoms with Crippen LogP contribution >= 0.6 is 34.8 Å². The average Bonchev–Trinajstić information content (AvgIpc) is 3.07. The van der Waals surface area contributed by atoms with Crippen molar-refractivity contribution >= 4 is 62.3 Å².